The Morgan fingerprint density at radius 3 is 2.45 bits per heavy atom. The zero-order chi connectivity index (χ0) is 22.5. The second-order valence-electron chi connectivity index (χ2n) is 10.1. The molecule has 5 nitrogen and oxygen atoms in total. The Morgan fingerprint density at radius 2 is 1.74 bits per heavy atom. The van der Waals surface area contributed by atoms with E-state index in [0.29, 0.717) is 19.4 Å². The third kappa shape index (κ3) is 7.32. The Bertz CT molecular complexity index is 830. The number of β-amino-alcohol motifs (C(OH)–C–C–N with tert-alkyl or cyclic N) is 1. The summed E-state index contributed by atoms with van der Waals surface area (Å²) in [7, 11) is 0. The molecule has 0 aliphatic heterocycles. The lowest BCUT2D eigenvalue weighted by Gasteiger charge is -2.33. The summed E-state index contributed by atoms with van der Waals surface area (Å²) in [5.74, 6) is 0.801. The molecule has 4 N–H and O–H groups in total. The molecule has 0 radical (unpaired) electrons. The highest BCUT2D eigenvalue weighted by molar-refractivity contribution is 5.43. The molecule has 2 aromatic rings. The molecule has 1 aliphatic rings. The van der Waals surface area contributed by atoms with E-state index in [4.69, 9.17) is 4.74 Å². The third-order valence-electron chi connectivity index (χ3n) is 5.75. The maximum absolute atomic E-state index is 10.7. The third-order valence-corrected chi connectivity index (χ3v) is 5.75. The highest BCUT2D eigenvalue weighted by atomic mass is 16.5. The fourth-order valence-electron chi connectivity index (χ4n) is 3.89. The van der Waals surface area contributed by atoms with Crippen LogP contribution >= 0.6 is 0 Å². The SMILES string of the molecule is CC(O)(CNC(C)(C)C)COc1cccc2c1CC(NCCc1ccccc1)C(O)C2. The molecule has 3 unspecified atom stereocenters. The summed E-state index contributed by atoms with van der Waals surface area (Å²) in [6.45, 7) is 9.50. The van der Waals surface area contributed by atoms with Crippen LogP contribution in [-0.2, 0) is 19.3 Å². The van der Waals surface area contributed by atoms with Gasteiger partial charge in [0.25, 0.3) is 0 Å². The molecule has 0 aromatic heterocycles. The van der Waals surface area contributed by atoms with Gasteiger partial charge < -0.3 is 25.6 Å². The van der Waals surface area contributed by atoms with Crippen LogP contribution in [0.2, 0.25) is 0 Å². The zero-order valence-corrected chi connectivity index (χ0v) is 19.3. The zero-order valence-electron chi connectivity index (χ0n) is 19.3. The second-order valence-corrected chi connectivity index (χ2v) is 10.1. The van der Waals surface area contributed by atoms with Crippen LogP contribution in [0.3, 0.4) is 0 Å². The number of aliphatic hydroxyl groups is 2. The Morgan fingerprint density at radius 1 is 1.00 bits per heavy atom. The van der Waals surface area contributed by atoms with E-state index in [-0.39, 0.29) is 18.2 Å². The van der Waals surface area contributed by atoms with Crippen LogP contribution in [0.5, 0.6) is 5.75 Å². The van der Waals surface area contributed by atoms with Crippen LogP contribution in [0.25, 0.3) is 0 Å². The van der Waals surface area contributed by atoms with E-state index >= 15 is 0 Å². The van der Waals surface area contributed by atoms with Crippen molar-refractivity contribution in [3.8, 4) is 5.75 Å². The van der Waals surface area contributed by atoms with E-state index in [1.165, 1.54) is 5.56 Å². The van der Waals surface area contributed by atoms with E-state index in [1.54, 1.807) is 6.92 Å². The van der Waals surface area contributed by atoms with Crippen molar-refractivity contribution in [2.45, 2.75) is 70.2 Å². The number of ether oxygens (including phenoxy) is 1. The Kier molecular flexibility index (Phi) is 7.76. The standard InChI is InChI=1S/C26H38N2O3/c1-25(2,3)28-17-26(4,30)18-31-24-12-8-11-20-15-23(29)22(16-21(20)24)27-14-13-19-9-6-5-7-10-19/h5-12,22-23,27-30H,13-18H2,1-4H3. The van der Waals surface area contributed by atoms with Crippen LogP contribution < -0.4 is 15.4 Å². The van der Waals surface area contributed by atoms with Crippen LogP contribution in [-0.4, -0.2) is 53.2 Å². The Hall–Kier alpha value is -1.92. The molecule has 31 heavy (non-hydrogen) atoms. The van der Waals surface area contributed by atoms with Crippen molar-refractivity contribution in [3.05, 3.63) is 65.2 Å². The van der Waals surface area contributed by atoms with Crippen molar-refractivity contribution in [3.63, 3.8) is 0 Å². The van der Waals surface area contributed by atoms with E-state index in [0.717, 1.165) is 29.8 Å². The molecule has 0 spiro atoms. The number of benzene rings is 2. The fraction of sp³-hybridized carbons (Fsp3) is 0.538. The van der Waals surface area contributed by atoms with Gasteiger partial charge in [0.15, 0.2) is 0 Å². The molecule has 0 bridgehead atoms. The summed E-state index contributed by atoms with van der Waals surface area (Å²) in [5.41, 5.74) is 2.50. The fourth-order valence-corrected chi connectivity index (χ4v) is 3.89. The highest BCUT2D eigenvalue weighted by Crippen LogP contribution is 2.30. The molecule has 0 saturated heterocycles. The van der Waals surface area contributed by atoms with Gasteiger partial charge in [0.2, 0.25) is 0 Å². The van der Waals surface area contributed by atoms with Gasteiger partial charge in [0.1, 0.15) is 18.0 Å². The van der Waals surface area contributed by atoms with Gasteiger partial charge in [-0.25, -0.2) is 0 Å². The van der Waals surface area contributed by atoms with Crippen molar-refractivity contribution < 1.29 is 14.9 Å². The maximum atomic E-state index is 10.7. The number of hydrogen-bond acceptors (Lipinski definition) is 5. The number of aliphatic hydroxyl groups excluding tert-OH is 1. The lowest BCUT2D eigenvalue weighted by molar-refractivity contribution is 0.00713. The largest absolute Gasteiger partial charge is 0.490 e. The van der Waals surface area contributed by atoms with Gasteiger partial charge in [-0.1, -0.05) is 42.5 Å². The first-order valence-corrected chi connectivity index (χ1v) is 11.3. The molecule has 3 rings (SSSR count). The van der Waals surface area contributed by atoms with E-state index < -0.39 is 11.7 Å². The predicted molar refractivity (Wildman–Crippen MR) is 126 cm³/mol. The first-order valence-electron chi connectivity index (χ1n) is 11.3. The van der Waals surface area contributed by atoms with E-state index in [1.807, 2.05) is 18.2 Å². The first-order chi connectivity index (χ1) is 14.6. The molecule has 0 amide bonds. The van der Waals surface area contributed by atoms with Crippen molar-refractivity contribution in [2.75, 3.05) is 19.7 Å². The summed E-state index contributed by atoms with van der Waals surface area (Å²) in [6, 6.07) is 16.4. The average molecular weight is 427 g/mol. The summed E-state index contributed by atoms with van der Waals surface area (Å²) in [5, 5.41) is 28.2. The van der Waals surface area contributed by atoms with E-state index in [9.17, 15) is 10.2 Å². The molecule has 5 heteroatoms. The van der Waals surface area contributed by atoms with Gasteiger partial charge >= 0.3 is 0 Å². The molecule has 2 aromatic carbocycles. The van der Waals surface area contributed by atoms with Gasteiger partial charge in [0, 0.05) is 24.5 Å². The highest BCUT2D eigenvalue weighted by Gasteiger charge is 2.30. The summed E-state index contributed by atoms with van der Waals surface area (Å²) in [4.78, 5) is 0. The Labute approximate surface area is 186 Å². The summed E-state index contributed by atoms with van der Waals surface area (Å²) in [6.07, 6.45) is 1.83. The quantitative estimate of drug-likeness (QED) is 0.496. The number of nitrogens with one attached hydrogen (secondary N) is 2. The topological polar surface area (TPSA) is 73.8 Å². The molecule has 1 aliphatic carbocycles. The molecule has 170 valence electrons. The van der Waals surface area contributed by atoms with Crippen LogP contribution in [0, 0.1) is 0 Å². The second kappa shape index (κ2) is 10.1. The first kappa shape index (κ1) is 23.7. The minimum absolute atomic E-state index is 0.0102. The maximum Gasteiger partial charge on any atom is 0.122 e. The molecule has 0 saturated carbocycles. The minimum Gasteiger partial charge on any atom is -0.490 e. The van der Waals surface area contributed by atoms with Gasteiger partial charge in [-0.3, -0.25) is 0 Å². The molecule has 0 heterocycles. The molecular weight excluding hydrogens is 388 g/mol. The van der Waals surface area contributed by atoms with Crippen LogP contribution in [0.1, 0.15) is 44.4 Å². The van der Waals surface area contributed by atoms with Gasteiger partial charge in [-0.15, -0.1) is 0 Å². The molecule has 3 atom stereocenters. The normalized spacial score (nSPS) is 20.7. The van der Waals surface area contributed by atoms with E-state index in [2.05, 4.69) is 61.7 Å². The molecular formula is C26H38N2O3. The van der Waals surface area contributed by atoms with Crippen LogP contribution in [0.4, 0.5) is 0 Å². The number of hydrogen-bond donors (Lipinski definition) is 4. The number of rotatable bonds is 9. The summed E-state index contributed by atoms with van der Waals surface area (Å²) < 4.78 is 6.09. The average Bonchev–Trinajstić information content (AvgIpc) is 2.72. The van der Waals surface area contributed by atoms with Gasteiger partial charge in [-0.05, 0) is 69.8 Å². The number of fused-ring (bicyclic) bond motifs is 1. The van der Waals surface area contributed by atoms with Crippen LogP contribution in [0.15, 0.2) is 48.5 Å². The van der Waals surface area contributed by atoms with Crippen molar-refractivity contribution in [2.24, 2.45) is 0 Å². The van der Waals surface area contributed by atoms with Gasteiger partial charge in [-0.2, -0.15) is 0 Å². The van der Waals surface area contributed by atoms with Crippen molar-refractivity contribution in [1.82, 2.24) is 10.6 Å². The van der Waals surface area contributed by atoms with Gasteiger partial charge in [0.05, 0.1) is 6.10 Å². The monoisotopic (exact) mass is 426 g/mol. The predicted octanol–water partition coefficient (Wildman–Crippen LogP) is 2.86. The lowest BCUT2D eigenvalue weighted by Crippen LogP contribution is -2.49. The van der Waals surface area contributed by atoms with Crippen molar-refractivity contribution in [1.29, 1.82) is 0 Å². The lowest BCUT2D eigenvalue weighted by atomic mass is 9.85. The minimum atomic E-state index is -0.975. The molecule has 0 fully saturated rings. The summed E-state index contributed by atoms with van der Waals surface area (Å²) >= 11 is 0. The van der Waals surface area contributed by atoms with Crippen molar-refractivity contribution >= 4 is 0 Å². The Balaban J connectivity index is 1.60. The smallest absolute Gasteiger partial charge is 0.122 e.